The fourth-order valence-corrected chi connectivity index (χ4v) is 3.37. The van der Waals surface area contributed by atoms with Gasteiger partial charge in [0, 0.05) is 38.5 Å². The molecule has 1 aliphatic rings. The predicted molar refractivity (Wildman–Crippen MR) is 124 cm³/mol. The number of methoxy groups -OCH3 is 2. The van der Waals surface area contributed by atoms with Gasteiger partial charge in [0.15, 0.2) is 5.96 Å². The van der Waals surface area contributed by atoms with Crippen molar-refractivity contribution in [3.05, 3.63) is 29.8 Å². The zero-order valence-corrected chi connectivity index (χ0v) is 19.6. The Morgan fingerprint density at radius 3 is 2.61 bits per heavy atom. The van der Waals surface area contributed by atoms with Gasteiger partial charge in [-0.05, 0) is 43.9 Å². The van der Waals surface area contributed by atoms with Crippen molar-refractivity contribution in [1.82, 2.24) is 10.2 Å². The third-order valence-electron chi connectivity index (χ3n) is 4.94. The minimum absolute atomic E-state index is 0. The van der Waals surface area contributed by atoms with Crippen LogP contribution < -0.4 is 10.1 Å². The standard InChI is InChI=1S/C21H33N3O3.HI/c1-4-22-21(23-14-7-5-6-8-20(25)27-3)24-15-13-18(16-24)17-9-11-19(26-2)12-10-17;/h9-12,18H,4-8,13-16H2,1-3H3,(H,22,23);1H. The van der Waals surface area contributed by atoms with Crippen molar-refractivity contribution < 1.29 is 14.3 Å². The highest BCUT2D eigenvalue weighted by Gasteiger charge is 2.26. The molecule has 1 atom stereocenters. The van der Waals surface area contributed by atoms with Crippen LogP contribution in [-0.2, 0) is 9.53 Å². The molecule has 0 amide bonds. The molecule has 1 unspecified atom stereocenters. The lowest BCUT2D eigenvalue weighted by Gasteiger charge is -2.22. The van der Waals surface area contributed by atoms with Gasteiger partial charge in [-0.25, -0.2) is 0 Å². The number of halogens is 1. The van der Waals surface area contributed by atoms with E-state index in [0.717, 1.165) is 63.6 Å². The molecule has 0 spiro atoms. The second-order valence-electron chi connectivity index (χ2n) is 6.83. The molecule has 0 aliphatic carbocycles. The molecule has 1 heterocycles. The number of ether oxygens (including phenoxy) is 2. The third-order valence-corrected chi connectivity index (χ3v) is 4.94. The number of nitrogens with one attached hydrogen (secondary N) is 1. The van der Waals surface area contributed by atoms with Crippen LogP contribution in [0.3, 0.4) is 0 Å². The molecular formula is C21H34IN3O3. The maximum Gasteiger partial charge on any atom is 0.305 e. The molecule has 2 rings (SSSR count). The molecule has 7 heteroatoms. The first kappa shape index (κ1) is 24.5. The minimum Gasteiger partial charge on any atom is -0.497 e. The van der Waals surface area contributed by atoms with E-state index in [1.165, 1.54) is 12.7 Å². The van der Waals surface area contributed by atoms with Gasteiger partial charge in [0.1, 0.15) is 5.75 Å². The highest BCUT2D eigenvalue weighted by atomic mass is 127. The quantitative estimate of drug-likeness (QED) is 0.183. The largest absolute Gasteiger partial charge is 0.497 e. The van der Waals surface area contributed by atoms with Crippen molar-refractivity contribution in [2.45, 2.75) is 44.9 Å². The number of guanidine groups is 1. The maximum atomic E-state index is 11.1. The van der Waals surface area contributed by atoms with Crippen LogP contribution >= 0.6 is 24.0 Å². The highest BCUT2D eigenvalue weighted by molar-refractivity contribution is 14.0. The van der Waals surface area contributed by atoms with Gasteiger partial charge >= 0.3 is 5.97 Å². The topological polar surface area (TPSA) is 63.2 Å². The normalized spacial score (nSPS) is 16.5. The molecule has 6 nitrogen and oxygen atoms in total. The summed E-state index contributed by atoms with van der Waals surface area (Å²) in [6, 6.07) is 8.40. The van der Waals surface area contributed by atoms with Crippen molar-refractivity contribution in [3.8, 4) is 5.75 Å². The van der Waals surface area contributed by atoms with Gasteiger partial charge in [-0.2, -0.15) is 0 Å². The molecule has 28 heavy (non-hydrogen) atoms. The lowest BCUT2D eigenvalue weighted by Crippen LogP contribution is -2.40. The molecule has 158 valence electrons. The van der Waals surface area contributed by atoms with Crippen LogP contribution in [0.25, 0.3) is 0 Å². The summed E-state index contributed by atoms with van der Waals surface area (Å²) < 4.78 is 9.91. The van der Waals surface area contributed by atoms with Crippen LogP contribution in [0.5, 0.6) is 5.75 Å². The van der Waals surface area contributed by atoms with Crippen LogP contribution in [0.15, 0.2) is 29.3 Å². The number of aliphatic imine (C=N–C) groups is 1. The number of hydrogen-bond acceptors (Lipinski definition) is 4. The van der Waals surface area contributed by atoms with Gasteiger partial charge in [-0.1, -0.05) is 18.6 Å². The number of benzene rings is 1. The summed E-state index contributed by atoms with van der Waals surface area (Å²) in [5.41, 5.74) is 1.36. The van der Waals surface area contributed by atoms with Crippen molar-refractivity contribution in [2.24, 2.45) is 4.99 Å². The average molecular weight is 503 g/mol. The second-order valence-corrected chi connectivity index (χ2v) is 6.83. The van der Waals surface area contributed by atoms with E-state index in [1.807, 2.05) is 12.1 Å². The lowest BCUT2D eigenvalue weighted by atomic mass is 9.98. The first-order chi connectivity index (χ1) is 13.2. The van der Waals surface area contributed by atoms with E-state index in [0.29, 0.717) is 12.3 Å². The lowest BCUT2D eigenvalue weighted by molar-refractivity contribution is -0.140. The van der Waals surface area contributed by atoms with Crippen molar-refractivity contribution in [3.63, 3.8) is 0 Å². The summed E-state index contributed by atoms with van der Waals surface area (Å²) in [4.78, 5) is 18.3. The van der Waals surface area contributed by atoms with Gasteiger partial charge in [-0.15, -0.1) is 24.0 Å². The summed E-state index contributed by atoms with van der Waals surface area (Å²) >= 11 is 0. The Hall–Kier alpha value is -1.51. The first-order valence-corrected chi connectivity index (χ1v) is 9.92. The van der Waals surface area contributed by atoms with E-state index in [9.17, 15) is 4.79 Å². The summed E-state index contributed by atoms with van der Waals surface area (Å²) in [5.74, 6) is 2.30. The second kappa shape index (κ2) is 13.6. The van der Waals surface area contributed by atoms with Crippen molar-refractivity contribution in [2.75, 3.05) is 40.4 Å². The Balaban J connectivity index is 0.00000392. The molecule has 1 aliphatic heterocycles. The number of nitrogens with zero attached hydrogens (tertiary/aromatic N) is 2. The van der Waals surface area contributed by atoms with E-state index in [4.69, 9.17) is 9.73 Å². The van der Waals surface area contributed by atoms with E-state index in [-0.39, 0.29) is 29.9 Å². The third kappa shape index (κ3) is 7.85. The summed E-state index contributed by atoms with van der Waals surface area (Å²) in [7, 11) is 3.13. The van der Waals surface area contributed by atoms with E-state index >= 15 is 0 Å². The minimum atomic E-state index is -0.131. The summed E-state index contributed by atoms with van der Waals surface area (Å²) in [6.45, 7) is 5.76. The van der Waals surface area contributed by atoms with Crippen molar-refractivity contribution in [1.29, 1.82) is 0 Å². The monoisotopic (exact) mass is 503 g/mol. The van der Waals surface area contributed by atoms with Gasteiger partial charge in [0.2, 0.25) is 0 Å². The number of rotatable bonds is 9. The molecular weight excluding hydrogens is 469 g/mol. The van der Waals surface area contributed by atoms with Crippen LogP contribution in [0.2, 0.25) is 0 Å². The van der Waals surface area contributed by atoms with Gasteiger partial charge in [-0.3, -0.25) is 9.79 Å². The van der Waals surface area contributed by atoms with Crippen LogP contribution in [-0.4, -0.2) is 57.2 Å². The van der Waals surface area contributed by atoms with Gasteiger partial charge < -0.3 is 19.7 Å². The molecule has 1 saturated heterocycles. The summed E-state index contributed by atoms with van der Waals surface area (Å²) in [6.07, 6.45) is 4.47. The smallest absolute Gasteiger partial charge is 0.305 e. The van der Waals surface area contributed by atoms with Crippen LogP contribution in [0.4, 0.5) is 0 Å². The zero-order valence-electron chi connectivity index (χ0n) is 17.3. The Labute approximate surface area is 186 Å². The molecule has 0 radical (unpaired) electrons. The fourth-order valence-electron chi connectivity index (χ4n) is 3.37. The van der Waals surface area contributed by atoms with Crippen LogP contribution in [0.1, 0.15) is 50.5 Å². The molecule has 0 bridgehead atoms. The summed E-state index contributed by atoms with van der Waals surface area (Å²) in [5, 5.41) is 3.41. The molecule has 1 N–H and O–H groups in total. The SMILES string of the molecule is CCNC(=NCCCCCC(=O)OC)N1CCC(c2ccc(OC)cc2)C1.I. The van der Waals surface area contributed by atoms with E-state index in [1.54, 1.807) is 7.11 Å². The van der Waals surface area contributed by atoms with E-state index < -0.39 is 0 Å². The number of hydrogen-bond donors (Lipinski definition) is 1. The first-order valence-electron chi connectivity index (χ1n) is 9.92. The maximum absolute atomic E-state index is 11.1. The van der Waals surface area contributed by atoms with Gasteiger partial charge in [0.05, 0.1) is 14.2 Å². The predicted octanol–water partition coefficient (Wildman–Crippen LogP) is 3.80. The molecule has 0 saturated carbocycles. The number of likely N-dealkylation sites (tertiary alicyclic amines) is 1. The highest BCUT2D eigenvalue weighted by Crippen LogP contribution is 2.28. The number of carbonyl (C=O) groups is 1. The number of carbonyl (C=O) groups excluding carboxylic acids is 1. The molecule has 1 fully saturated rings. The fraction of sp³-hybridized carbons (Fsp3) is 0.619. The molecule has 0 aromatic heterocycles. The van der Waals surface area contributed by atoms with Gasteiger partial charge in [0.25, 0.3) is 0 Å². The Bertz CT molecular complexity index is 607. The Kier molecular flexibility index (Phi) is 11.9. The van der Waals surface area contributed by atoms with E-state index in [2.05, 4.69) is 34.0 Å². The van der Waals surface area contributed by atoms with Crippen LogP contribution in [0, 0.1) is 0 Å². The Morgan fingerprint density at radius 1 is 1.21 bits per heavy atom. The number of esters is 1. The molecule has 1 aromatic carbocycles. The number of unbranched alkanes of at least 4 members (excludes halogenated alkanes) is 2. The molecule has 1 aromatic rings. The Morgan fingerprint density at radius 2 is 1.96 bits per heavy atom. The zero-order chi connectivity index (χ0) is 19.5. The van der Waals surface area contributed by atoms with Crippen molar-refractivity contribution >= 4 is 35.9 Å². The average Bonchev–Trinajstić information content (AvgIpc) is 3.19.